The van der Waals surface area contributed by atoms with Gasteiger partial charge in [-0.3, -0.25) is 4.79 Å². The van der Waals surface area contributed by atoms with Crippen LogP contribution < -0.4 is 14.9 Å². The molecule has 0 amide bonds. The molecule has 25 heteroatoms. The first-order chi connectivity index (χ1) is 31.8. The van der Waals surface area contributed by atoms with E-state index in [2.05, 4.69) is 0 Å². The molecule has 0 unspecified atom stereocenters. The summed E-state index contributed by atoms with van der Waals surface area (Å²) in [7, 11) is 0. The van der Waals surface area contributed by atoms with Gasteiger partial charge in [0.05, 0.1) is 19.8 Å². The number of carbonyl (C=O) groups is 1. The lowest BCUT2D eigenvalue weighted by Crippen LogP contribution is -2.65. The number of benzene rings is 3. The molecule has 7 rings (SSSR count). The summed E-state index contributed by atoms with van der Waals surface area (Å²) in [5.74, 6) is -6.30. The maximum absolute atomic E-state index is 14.5. The van der Waals surface area contributed by atoms with Gasteiger partial charge in [-0.2, -0.15) is 0 Å². The number of hydrogen-bond acceptors (Lipinski definition) is 25. The lowest BCUT2D eigenvalue weighted by Gasteiger charge is -2.46. The number of carbonyl (C=O) groups excluding carboxylic acids is 1. The number of aliphatic hydroxyl groups excluding tert-OH is 10. The Kier molecular flexibility index (Phi) is 14.7. The normalized spacial score (nSPS) is 32.3. The Morgan fingerprint density at radius 1 is 0.582 bits per heavy atom. The topological polar surface area (TPSA) is 415 Å². The number of phenols is 5. The Balaban J connectivity index is 1.26. The van der Waals surface area contributed by atoms with Crippen LogP contribution in [0.15, 0.2) is 63.8 Å². The smallest absolute Gasteiger partial charge is 0.331 e. The van der Waals surface area contributed by atoms with Crippen molar-refractivity contribution in [3.63, 3.8) is 0 Å². The highest BCUT2D eigenvalue weighted by molar-refractivity contribution is 5.89. The Labute approximate surface area is 375 Å². The zero-order valence-corrected chi connectivity index (χ0v) is 34.3. The summed E-state index contributed by atoms with van der Waals surface area (Å²) in [6.45, 7) is -2.75. The maximum atomic E-state index is 14.5. The van der Waals surface area contributed by atoms with E-state index in [9.17, 15) is 86.2 Å². The van der Waals surface area contributed by atoms with Crippen LogP contribution in [-0.4, -0.2) is 195 Å². The van der Waals surface area contributed by atoms with Crippen molar-refractivity contribution in [2.75, 3.05) is 19.8 Å². The van der Waals surface area contributed by atoms with Crippen molar-refractivity contribution in [1.29, 1.82) is 0 Å². The van der Waals surface area contributed by atoms with E-state index < -0.39 is 175 Å². The van der Waals surface area contributed by atoms with Gasteiger partial charge in [0.15, 0.2) is 47.3 Å². The number of ether oxygens (including phenoxy) is 7. The zero-order valence-electron chi connectivity index (χ0n) is 34.3. The van der Waals surface area contributed by atoms with Gasteiger partial charge in [-0.1, -0.05) is 6.07 Å². The van der Waals surface area contributed by atoms with Crippen LogP contribution in [0.2, 0.25) is 0 Å². The van der Waals surface area contributed by atoms with E-state index >= 15 is 0 Å². The standard InChI is InChI=1S/C42H46O25/c43-11-23-28(52)32(56)35(59)40(62-23)60-16-9-21(50)27-22(10-16)61-36(15-3-5-18(47)20(49)8-15)37(31(27)55)66-42-39(34(58)30(54)25(13-45)64-42)67-41-38(33(57)29(53)24(12-44)63-41)65-26(51)6-2-14-1-4-17(46)19(48)7-14/h1-10,23-25,28-30,32-35,38-50,52-54,56-59H,11-13H2/b6-2+/t23-,24+,25+,28+,29+,30+,32-,33-,34-,35+,38-,39-,40+,41-,42-/m0/s1. The SMILES string of the molecule is O=C(/C=C/c1ccc(O)c(O)c1)O[C@@H]1[C@H](O[C@@H]2[C@H](Oc3c(-c4ccc(O)c(O)c4)oc4cc(O[C@@H]5O[C@@H](CO)[C@@H](O)[C@H](O)[C@H]5O)cc(O)c4c3=O)O[C@H](CO)[C@@H](O)[C@@H]2O)O[C@H](CO)[C@@H](O)[C@@H]1O. The van der Waals surface area contributed by atoms with Gasteiger partial charge >= 0.3 is 5.97 Å². The average molecular weight is 951 g/mol. The predicted octanol–water partition coefficient (Wildman–Crippen LogP) is -3.57. The molecule has 3 fully saturated rings. The van der Waals surface area contributed by atoms with Crippen molar-refractivity contribution in [2.24, 2.45) is 0 Å². The lowest BCUT2D eigenvalue weighted by atomic mass is 9.97. The van der Waals surface area contributed by atoms with E-state index in [0.717, 1.165) is 54.6 Å². The molecule has 3 aliphatic heterocycles. The third kappa shape index (κ3) is 9.91. The van der Waals surface area contributed by atoms with Crippen LogP contribution in [0.3, 0.4) is 0 Å². The van der Waals surface area contributed by atoms with Crippen molar-refractivity contribution >= 4 is 23.0 Å². The molecule has 364 valence electrons. The van der Waals surface area contributed by atoms with Crippen LogP contribution in [-0.2, 0) is 28.5 Å². The van der Waals surface area contributed by atoms with E-state index in [1.807, 2.05) is 0 Å². The molecule has 3 saturated heterocycles. The van der Waals surface area contributed by atoms with Crippen LogP contribution >= 0.6 is 0 Å². The Morgan fingerprint density at radius 2 is 1.15 bits per heavy atom. The summed E-state index contributed by atoms with van der Waals surface area (Å²) in [6.07, 6.45) is -26.5. The molecule has 4 heterocycles. The quantitative estimate of drug-likeness (QED) is 0.0350. The molecule has 15 atom stereocenters. The number of aliphatic hydroxyl groups is 10. The minimum absolute atomic E-state index is 0.200. The second-order valence-corrected chi connectivity index (χ2v) is 15.5. The summed E-state index contributed by atoms with van der Waals surface area (Å²) < 4.78 is 45.7. The third-order valence-electron chi connectivity index (χ3n) is 11.1. The summed E-state index contributed by atoms with van der Waals surface area (Å²) in [6, 6.07) is 8.46. The van der Waals surface area contributed by atoms with E-state index in [4.69, 9.17) is 37.6 Å². The van der Waals surface area contributed by atoms with Crippen molar-refractivity contribution in [2.45, 2.75) is 92.1 Å². The molecular weight excluding hydrogens is 904 g/mol. The molecule has 0 aliphatic carbocycles. The second kappa shape index (κ2) is 20.1. The first-order valence-electron chi connectivity index (χ1n) is 20.2. The summed E-state index contributed by atoms with van der Waals surface area (Å²) in [5.41, 5.74) is -1.72. The molecule has 15 N–H and O–H groups in total. The molecule has 25 nitrogen and oxygen atoms in total. The lowest BCUT2D eigenvalue weighted by molar-refractivity contribution is -0.358. The highest BCUT2D eigenvalue weighted by Crippen LogP contribution is 2.41. The summed E-state index contributed by atoms with van der Waals surface area (Å²) in [4.78, 5) is 27.6. The Bertz CT molecular complexity index is 2490. The average Bonchev–Trinajstić information content (AvgIpc) is 3.30. The number of fused-ring (bicyclic) bond motifs is 1. The minimum atomic E-state index is -2.17. The van der Waals surface area contributed by atoms with Gasteiger partial charge in [0, 0.05) is 23.8 Å². The zero-order chi connectivity index (χ0) is 48.6. The van der Waals surface area contributed by atoms with Gasteiger partial charge in [-0.05, 0) is 42.0 Å². The number of rotatable bonds is 13. The summed E-state index contributed by atoms with van der Waals surface area (Å²) >= 11 is 0. The van der Waals surface area contributed by atoms with Gasteiger partial charge in [0.2, 0.25) is 23.8 Å². The first-order valence-corrected chi connectivity index (χ1v) is 20.2. The van der Waals surface area contributed by atoms with Gasteiger partial charge in [-0.25, -0.2) is 4.79 Å². The molecule has 0 radical (unpaired) electrons. The Hall–Kier alpha value is -5.88. The van der Waals surface area contributed by atoms with Crippen molar-refractivity contribution in [3.05, 3.63) is 70.4 Å². The molecule has 0 bridgehead atoms. The highest BCUT2D eigenvalue weighted by atomic mass is 16.8. The predicted molar refractivity (Wildman–Crippen MR) is 217 cm³/mol. The van der Waals surface area contributed by atoms with Crippen molar-refractivity contribution in [1.82, 2.24) is 0 Å². The second-order valence-electron chi connectivity index (χ2n) is 15.5. The molecule has 3 aromatic carbocycles. The van der Waals surface area contributed by atoms with Gasteiger partial charge in [0.1, 0.15) is 83.5 Å². The molecule has 0 saturated carbocycles. The fraction of sp³-hybridized carbons (Fsp3) is 0.429. The monoisotopic (exact) mass is 950 g/mol. The van der Waals surface area contributed by atoms with Crippen molar-refractivity contribution < 1.29 is 119 Å². The summed E-state index contributed by atoms with van der Waals surface area (Å²) in [5, 5.41) is 155. The molecular formula is C42H46O25. The van der Waals surface area contributed by atoms with E-state index in [0.29, 0.717) is 0 Å². The van der Waals surface area contributed by atoms with Gasteiger partial charge < -0.3 is 114 Å². The number of aromatic hydroxyl groups is 5. The number of phenolic OH excluding ortho intramolecular Hbond substituents is 5. The molecule has 0 spiro atoms. The number of esters is 1. The van der Waals surface area contributed by atoms with Gasteiger partial charge in [0.25, 0.3) is 0 Å². The van der Waals surface area contributed by atoms with Crippen molar-refractivity contribution in [3.8, 4) is 51.6 Å². The third-order valence-corrected chi connectivity index (χ3v) is 11.1. The van der Waals surface area contributed by atoms with Gasteiger partial charge in [-0.15, -0.1) is 0 Å². The van der Waals surface area contributed by atoms with Crippen LogP contribution in [0.25, 0.3) is 28.4 Å². The van der Waals surface area contributed by atoms with E-state index in [1.165, 1.54) is 6.07 Å². The van der Waals surface area contributed by atoms with E-state index in [-0.39, 0.29) is 16.9 Å². The highest BCUT2D eigenvalue weighted by Gasteiger charge is 2.53. The minimum Gasteiger partial charge on any atom is -0.507 e. The fourth-order valence-corrected chi connectivity index (χ4v) is 7.43. The number of hydrogen-bond donors (Lipinski definition) is 15. The van der Waals surface area contributed by atoms with E-state index in [1.54, 1.807) is 0 Å². The maximum Gasteiger partial charge on any atom is 0.331 e. The molecule has 67 heavy (non-hydrogen) atoms. The molecule has 4 aromatic rings. The molecule has 3 aliphatic rings. The van der Waals surface area contributed by atoms with Crippen LogP contribution in [0, 0.1) is 0 Å². The Morgan fingerprint density at radius 3 is 1.76 bits per heavy atom. The van der Waals surface area contributed by atoms with Crippen LogP contribution in [0.4, 0.5) is 0 Å². The molecule has 1 aromatic heterocycles. The first kappa shape index (κ1) is 49.0. The largest absolute Gasteiger partial charge is 0.507 e. The van der Waals surface area contributed by atoms with Crippen LogP contribution in [0.5, 0.6) is 40.2 Å². The fourth-order valence-electron chi connectivity index (χ4n) is 7.43. The van der Waals surface area contributed by atoms with Crippen LogP contribution in [0.1, 0.15) is 5.56 Å².